The Morgan fingerprint density at radius 1 is 1.26 bits per heavy atom. The van der Waals surface area contributed by atoms with Crippen molar-refractivity contribution in [3.8, 4) is 5.75 Å². The van der Waals surface area contributed by atoms with Gasteiger partial charge in [-0.25, -0.2) is 4.79 Å². The first-order chi connectivity index (χ1) is 13.2. The van der Waals surface area contributed by atoms with E-state index in [-0.39, 0.29) is 12.1 Å². The Balaban J connectivity index is 1.40. The van der Waals surface area contributed by atoms with E-state index in [4.69, 9.17) is 9.47 Å². The van der Waals surface area contributed by atoms with Crippen LogP contribution in [-0.4, -0.2) is 42.2 Å². The number of likely N-dealkylation sites (N-methyl/N-ethyl adjacent to an activating group) is 1. The van der Waals surface area contributed by atoms with E-state index in [9.17, 15) is 4.79 Å². The molecule has 0 aliphatic carbocycles. The van der Waals surface area contributed by atoms with Crippen LogP contribution in [0.5, 0.6) is 5.75 Å². The van der Waals surface area contributed by atoms with Crippen molar-refractivity contribution in [3.63, 3.8) is 0 Å². The fourth-order valence-corrected chi connectivity index (χ4v) is 3.00. The lowest BCUT2D eigenvalue weighted by atomic mass is 10.1. The van der Waals surface area contributed by atoms with Crippen molar-refractivity contribution in [2.75, 3.05) is 20.2 Å². The van der Waals surface area contributed by atoms with Crippen LogP contribution in [0.3, 0.4) is 0 Å². The van der Waals surface area contributed by atoms with E-state index in [0.29, 0.717) is 19.7 Å². The molecule has 0 spiro atoms. The van der Waals surface area contributed by atoms with E-state index >= 15 is 0 Å². The third-order valence-corrected chi connectivity index (χ3v) is 4.58. The molecule has 1 aromatic heterocycles. The molecule has 1 fully saturated rings. The van der Waals surface area contributed by atoms with Crippen LogP contribution in [0.4, 0.5) is 4.79 Å². The molecule has 1 N–H and O–H groups in total. The highest BCUT2D eigenvalue weighted by molar-refractivity contribution is 5.73. The summed E-state index contributed by atoms with van der Waals surface area (Å²) in [4.78, 5) is 18.2. The minimum Gasteiger partial charge on any atom is -0.487 e. The van der Waals surface area contributed by atoms with Gasteiger partial charge < -0.3 is 19.7 Å². The maximum Gasteiger partial charge on any atom is 0.317 e. The maximum atomic E-state index is 12.2. The number of rotatable bonds is 7. The molecule has 1 atom stereocenters. The highest BCUT2D eigenvalue weighted by Crippen LogP contribution is 2.15. The zero-order chi connectivity index (χ0) is 18.9. The van der Waals surface area contributed by atoms with E-state index < -0.39 is 0 Å². The van der Waals surface area contributed by atoms with E-state index in [0.717, 1.165) is 36.5 Å². The van der Waals surface area contributed by atoms with Crippen LogP contribution >= 0.6 is 0 Å². The molecule has 6 nitrogen and oxygen atoms in total. The zero-order valence-electron chi connectivity index (χ0n) is 15.8. The molecule has 1 saturated heterocycles. The van der Waals surface area contributed by atoms with Gasteiger partial charge in [0.1, 0.15) is 12.4 Å². The molecular weight excluding hydrogens is 342 g/mol. The molecule has 2 aromatic rings. The van der Waals surface area contributed by atoms with Crippen LogP contribution in [0, 0.1) is 0 Å². The number of hydrogen-bond donors (Lipinski definition) is 1. The summed E-state index contributed by atoms with van der Waals surface area (Å²) in [6.45, 7) is 2.35. The van der Waals surface area contributed by atoms with E-state index in [1.807, 2.05) is 49.5 Å². The van der Waals surface area contributed by atoms with Gasteiger partial charge in [-0.3, -0.25) is 4.98 Å². The molecule has 0 radical (unpaired) electrons. The minimum atomic E-state index is -0.0837. The molecule has 27 heavy (non-hydrogen) atoms. The first kappa shape index (κ1) is 19.2. The van der Waals surface area contributed by atoms with Crippen LogP contribution in [0.25, 0.3) is 0 Å². The molecular formula is C21H27N3O3. The largest absolute Gasteiger partial charge is 0.487 e. The lowest BCUT2D eigenvalue weighted by molar-refractivity contribution is 0.00385. The maximum absolute atomic E-state index is 12.2. The quantitative estimate of drug-likeness (QED) is 0.813. The number of carbonyl (C=O) groups is 1. The highest BCUT2D eigenvalue weighted by Gasteiger charge is 2.18. The predicted molar refractivity (Wildman–Crippen MR) is 103 cm³/mol. The Bertz CT molecular complexity index is 700. The summed E-state index contributed by atoms with van der Waals surface area (Å²) in [5.74, 6) is 0.780. The second-order valence-electron chi connectivity index (χ2n) is 6.78. The van der Waals surface area contributed by atoms with Crippen molar-refractivity contribution in [1.82, 2.24) is 15.2 Å². The summed E-state index contributed by atoms with van der Waals surface area (Å²) >= 11 is 0. The summed E-state index contributed by atoms with van der Waals surface area (Å²) in [7, 11) is 1.81. The van der Waals surface area contributed by atoms with Crippen LogP contribution < -0.4 is 10.1 Å². The third-order valence-electron chi connectivity index (χ3n) is 4.58. The smallest absolute Gasteiger partial charge is 0.317 e. The number of pyridine rings is 1. The zero-order valence-corrected chi connectivity index (χ0v) is 15.8. The first-order valence-electron chi connectivity index (χ1n) is 9.43. The SMILES string of the molecule is CN(CC1CCCCO1)C(=O)NCc1ccc(OCc2ccccn2)cc1. The molecule has 1 unspecified atom stereocenters. The van der Waals surface area contributed by atoms with Crippen LogP contribution in [0.15, 0.2) is 48.7 Å². The number of nitrogens with one attached hydrogen (secondary N) is 1. The van der Waals surface area contributed by atoms with Crippen LogP contribution in [0.1, 0.15) is 30.5 Å². The topological polar surface area (TPSA) is 63.7 Å². The average molecular weight is 369 g/mol. The number of amides is 2. The Hall–Kier alpha value is -2.60. The van der Waals surface area contributed by atoms with Gasteiger partial charge in [0, 0.05) is 32.9 Å². The summed E-state index contributed by atoms with van der Waals surface area (Å²) in [6.07, 6.45) is 5.23. The Labute approximate surface area is 160 Å². The number of aromatic nitrogens is 1. The molecule has 3 rings (SSSR count). The molecule has 144 valence electrons. The molecule has 2 heterocycles. The molecule has 0 bridgehead atoms. The van der Waals surface area contributed by atoms with Gasteiger partial charge >= 0.3 is 6.03 Å². The second-order valence-corrected chi connectivity index (χ2v) is 6.78. The molecule has 1 aromatic carbocycles. The summed E-state index contributed by atoms with van der Waals surface area (Å²) in [5.41, 5.74) is 1.91. The normalized spacial score (nSPS) is 16.6. The van der Waals surface area contributed by atoms with Gasteiger partial charge in [0.2, 0.25) is 0 Å². The Morgan fingerprint density at radius 2 is 2.11 bits per heavy atom. The van der Waals surface area contributed by atoms with E-state index in [2.05, 4.69) is 10.3 Å². The van der Waals surface area contributed by atoms with Gasteiger partial charge in [0.25, 0.3) is 0 Å². The van der Waals surface area contributed by atoms with Crippen LogP contribution in [-0.2, 0) is 17.9 Å². The Morgan fingerprint density at radius 3 is 2.81 bits per heavy atom. The number of hydrogen-bond acceptors (Lipinski definition) is 4. The number of ether oxygens (including phenoxy) is 2. The lowest BCUT2D eigenvalue weighted by Gasteiger charge is -2.27. The number of nitrogens with zero attached hydrogens (tertiary/aromatic N) is 2. The first-order valence-corrected chi connectivity index (χ1v) is 9.43. The lowest BCUT2D eigenvalue weighted by Crippen LogP contribution is -2.42. The van der Waals surface area contributed by atoms with Crippen molar-refractivity contribution in [2.45, 2.75) is 38.5 Å². The standard InChI is InChI=1S/C21H27N3O3/c1-24(15-20-7-3-5-13-26-20)21(25)23-14-17-8-10-19(11-9-17)27-16-18-6-2-4-12-22-18/h2,4,6,8-12,20H,3,5,7,13-16H2,1H3,(H,23,25). The van der Waals surface area contributed by atoms with Gasteiger partial charge in [0.05, 0.1) is 11.8 Å². The molecule has 1 aliphatic heterocycles. The number of urea groups is 1. The average Bonchev–Trinajstić information content (AvgIpc) is 2.72. The fraction of sp³-hybridized carbons (Fsp3) is 0.429. The van der Waals surface area contributed by atoms with Gasteiger partial charge in [-0.2, -0.15) is 0 Å². The van der Waals surface area contributed by atoms with Crippen molar-refractivity contribution in [3.05, 3.63) is 59.9 Å². The van der Waals surface area contributed by atoms with Crippen molar-refractivity contribution >= 4 is 6.03 Å². The monoisotopic (exact) mass is 369 g/mol. The summed E-state index contributed by atoms with van der Waals surface area (Å²) < 4.78 is 11.4. The molecule has 0 saturated carbocycles. The minimum absolute atomic E-state index is 0.0837. The number of carbonyl (C=O) groups excluding carboxylic acids is 1. The molecule has 1 aliphatic rings. The van der Waals surface area contributed by atoms with E-state index in [1.54, 1.807) is 11.1 Å². The van der Waals surface area contributed by atoms with E-state index in [1.165, 1.54) is 6.42 Å². The van der Waals surface area contributed by atoms with Crippen molar-refractivity contribution in [2.24, 2.45) is 0 Å². The van der Waals surface area contributed by atoms with Crippen molar-refractivity contribution < 1.29 is 14.3 Å². The predicted octanol–water partition coefficient (Wildman–Crippen LogP) is 3.37. The summed E-state index contributed by atoms with van der Waals surface area (Å²) in [5, 5.41) is 2.95. The molecule has 6 heteroatoms. The second kappa shape index (κ2) is 9.92. The third kappa shape index (κ3) is 6.25. The van der Waals surface area contributed by atoms with Gasteiger partial charge in [-0.05, 0) is 49.1 Å². The Kier molecular flexibility index (Phi) is 7.04. The highest BCUT2D eigenvalue weighted by atomic mass is 16.5. The molecule has 2 amide bonds. The van der Waals surface area contributed by atoms with Crippen LogP contribution in [0.2, 0.25) is 0 Å². The van der Waals surface area contributed by atoms with Gasteiger partial charge in [-0.1, -0.05) is 18.2 Å². The van der Waals surface area contributed by atoms with Gasteiger partial charge in [0.15, 0.2) is 0 Å². The summed E-state index contributed by atoms with van der Waals surface area (Å²) in [6, 6.07) is 13.4. The van der Waals surface area contributed by atoms with Gasteiger partial charge in [-0.15, -0.1) is 0 Å². The number of benzene rings is 1. The van der Waals surface area contributed by atoms with Crippen molar-refractivity contribution in [1.29, 1.82) is 0 Å². The fourth-order valence-electron chi connectivity index (χ4n) is 3.00.